The summed E-state index contributed by atoms with van der Waals surface area (Å²) >= 11 is 0. The molecule has 84 valence electrons. The van der Waals surface area contributed by atoms with Gasteiger partial charge in [0.15, 0.2) is 0 Å². The van der Waals surface area contributed by atoms with Crippen LogP contribution in [0.3, 0.4) is 0 Å². The van der Waals surface area contributed by atoms with Crippen LogP contribution in [0, 0.1) is 0 Å². The normalized spacial score (nSPS) is 13.1. The van der Waals surface area contributed by atoms with E-state index in [0.29, 0.717) is 0 Å². The molecule has 1 unspecified atom stereocenters. The number of nitrogens with zero attached hydrogens (tertiary/aromatic N) is 1. The van der Waals surface area contributed by atoms with Crippen LogP contribution in [-0.4, -0.2) is 30.4 Å². The van der Waals surface area contributed by atoms with E-state index < -0.39 is 0 Å². The number of unbranched alkanes of at least 4 members (excludes halogenated alkanes) is 2. The van der Waals surface area contributed by atoms with Crippen molar-refractivity contribution >= 4 is 6.29 Å². The van der Waals surface area contributed by atoms with Gasteiger partial charge in [-0.25, -0.2) is 10.4 Å². The lowest BCUT2D eigenvalue weighted by atomic mass is 10.3. The van der Waals surface area contributed by atoms with Crippen molar-refractivity contribution in [1.29, 1.82) is 0 Å². The molecule has 0 aliphatic carbocycles. The summed E-state index contributed by atoms with van der Waals surface area (Å²) in [6.45, 7) is 8.32. The highest BCUT2D eigenvalue weighted by Crippen LogP contribution is 1.96. The average Bonchev–Trinajstić information content (AvgIpc) is 2.21. The van der Waals surface area contributed by atoms with Crippen molar-refractivity contribution < 1.29 is 4.79 Å². The van der Waals surface area contributed by atoms with E-state index in [0.717, 1.165) is 19.4 Å². The number of nitrogens with one attached hydrogen (secondary N) is 1. The molecule has 0 saturated heterocycles. The fourth-order valence-corrected chi connectivity index (χ4v) is 1.26. The van der Waals surface area contributed by atoms with Crippen LogP contribution in [-0.2, 0) is 4.79 Å². The second-order valence-corrected chi connectivity index (χ2v) is 3.75. The van der Waals surface area contributed by atoms with E-state index in [4.69, 9.17) is 0 Å². The van der Waals surface area contributed by atoms with Gasteiger partial charge in [0.25, 0.3) is 0 Å². The van der Waals surface area contributed by atoms with Crippen molar-refractivity contribution in [2.75, 3.05) is 13.1 Å². The summed E-state index contributed by atoms with van der Waals surface area (Å²) in [6, 6.07) is -0.0660. The number of aldehydes is 1. The van der Waals surface area contributed by atoms with Gasteiger partial charge in [-0.05, 0) is 19.8 Å². The van der Waals surface area contributed by atoms with Gasteiger partial charge in [0, 0.05) is 13.1 Å². The molecule has 0 amide bonds. The molecule has 0 heterocycles. The molecule has 0 aliphatic heterocycles. The quantitative estimate of drug-likeness (QED) is 0.456. The van der Waals surface area contributed by atoms with Gasteiger partial charge in [0.05, 0.1) is 6.04 Å². The standard InChI is InChI=1S/C11H24N2O/c1-4-6-8-13(9-7-5-2)12-11(3)10-14/h10-12H,4-9H2,1-3H3. The van der Waals surface area contributed by atoms with Crippen LogP contribution in [0.1, 0.15) is 46.5 Å². The first-order chi connectivity index (χ1) is 6.74. The first-order valence-corrected chi connectivity index (χ1v) is 5.71. The Balaban J connectivity index is 3.76. The Kier molecular flexibility index (Phi) is 8.89. The van der Waals surface area contributed by atoms with Crippen LogP contribution < -0.4 is 5.43 Å². The van der Waals surface area contributed by atoms with Crippen LogP contribution in [0.2, 0.25) is 0 Å². The summed E-state index contributed by atoms with van der Waals surface area (Å²) in [4.78, 5) is 10.5. The van der Waals surface area contributed by atoms with Crippen molar-refractivity contribution in [3.05, 3.63) is 0 Å². The minimum absolute atomic E-state index is 0.0660. The Morgan fingerprint density at radius 3 is 2.07 bits per heavy atom. The van der Waals surface area contributed by atoms with Crippen molar-refractivity contribution in [1.82, 2.24) is 10.4 Å². The maximum atomic E-state index is 10.5. The summed E-state index contributed by atoms with van der Waals surface area (Å²) in [5, 5.41) is 2.17. The van der Waals surface area contributed by atoms with E-state index in [1.807, 2.05) is 6.92 Å². The zero-order chi connectivity index (χ0) is 10.8. The number of hydrazine groups is 1. The van der Waals surface area contributed by atoms with Crippen molar-refractivity contribution in [2.24, 2.45) is 0 Å². The molecular formula is C11H24N2O. The molecule has 0 saturated carbocycles. The predicted molar refractivity (Wildman–Crippen MR) is 60.1 cm³/mol. The lowest BCUT2D eigenvalue weighted by Crippen LogP contribution is -2.45. The first-order valence-electron chi connectivity index (χ1n) is 5.71. The van der Waals surface area contributed by atoms with Gasteiger partial charge in [-0.2, -0.15) is 0 Å². The summed E-state index contributed by atoms with van der Waals surface area (Å²) < 4.78 is 0. The van der Waals surface area contributed by atoms with Crippen molar-refractivity contribution in [3.63, 3.8) is 0 Å². The molecule has 0 aromatic carbocycles. The van der Waals surface area contributed by atoms with Crippen LogP contribution in [0.15, 0.2) is 0 Å². The highest BCUT2D eigenvalue weighted by molar-refractivity contribution is 5.56. The average molecular weight is 200 g/mol. The van der Waals surface area contributed by atoms with E-state index >= 15 is 0 Å². The summed E-state index contributed by atoms with van der Waals surface area (Å²) in [6.07, 6.45) is 5.70. The van der Waals surface area contributed by atoms with Crippen LogP contribution in [0.25, 0.3) is 0 Å². The van der Waals surface area contributed by atoms with Crippen LogP contribution in [0.4, 0.5) is 0 Å². The molecule has 1 N–H and O–H groups in total. The molecular weight excluding hydrogens is 176 g/mol. The topological polar surface area (TPSA) is 32.3 Å². The maximum Gasteiger partial charge on any atom is 0.137 e. The Labute approximate surface area is 87.8 Å². The van der Waals surface area contributed by atoms with Crippen molar-refractivity contribution in [2.45, 2.75) is 52.5 Å². The van der Waals surface area contributed by atoms with Gasteiger partial charge in [0.2, 0.25) is 0 Å². The fourth-order valence-electron chi connectivity index (χ4n) is 1.26. The van der Waals surface area contributed by atoms with E-state index in [-0.39, 0.29) is 6.04 Å². The molecule has 0 aromatic rings. The minimum Gasteiger partial charge on any atom is -0.302 e. The molecule has 0 aliphatic rings. The highest BCUT2D eigenvalue weighted by Gasteiger charge is 2.06. The summed E-state index contributed by atoms with van der Waals surface area (Å²) in [5.41, 5.74) is 3.20. The molecule has 3 nitrogen and oxygen atoms in total. The lowest BCUT2D eigenvalue weighted by Gasteiger charge is -2.24. The van der Waals surface area contributed by atoms with E-state index in [9.17, 15) is 4.79 Å². The van der Waals surface area contributed by atoms with Gasteiger partial charge in [0.1, 0.15) is 6.29 Å². The number of hydrogen-bond donors (Lipinski definition) is 1. The Morgan fingerprint density at radius 2 is 1.71 bits per heavy atom. The Hall–Kier alpha value is -0.410. The predicted octanol–water partition coefficient (Wildman–Crippen LogP) is 1.98. The van der Waals surface area contributed by atoms with Gasteiger partial charge < -0.3 is 4.79 Å². The smallest absolute Gasteiger partial charge is 0.137 e. The van der Waals surface area contributed by atoms with E-state index in [1.54, 1.807) is 0 Å². The molecule has 0 aromatic heterocycles. The third-order valence-corrected chi connectivity index (χ3v) is 2.15. The molecule has 0 fully saturated rings. The van der Waals surface area contributed by atoms with Crippen molar-refractivity contribution in [3.8, 4) is 0 Å². The third-order valence-electron chi connectivity index (χ3n) is 2.15. The SMILES string of the molecule is CCCCN(CCCC)NC(C)C=O. The molecule has 0 radical (unpaired) electrons. The minimum atomic E-state index is -0.0660. The van der Waals surface area contributed by atoms with Gasteiger partial charge in [-0.3, -0.25) is 0 Å². The summed E-state index contributed by atoms with van der Waals surface area (Å²) in [7, 11) is 0. The van der Waals surface area contributed by atoms with Crippen LogP contribution in [0.5, 0.6) is 0 Å². The van der Waals surface area contributed by atoms with Crippen LogP contribution >= 0.6 is 0 Å². The molecule has 1 atom stereocenters. The molecule has 14 heavy (non-hydrogen) atoms. The largest absolute Gasteiger partial charge is 0.302 e. The molecule has 0 bridgehead atoms. The zero-order valence-corrected chi connectivity index (χ0v) is 9.75. The third kappa shape index (κ3) is 7.04. The second kappa shape index (κ2) is 9.16. The van der Waals surface area contributed by atoms with E-state index in [1.165, 1.54) is 25.7 Å². The number of carbonyl (C=O) groups excluding carboxylic acids is 1. The lowest BCUT2D eigenvalue weighted by molar-refractivity contribution is -0.110. The second-order valence-electron chi connectivity index (χ2n) is 3.75. The molecule has 0 spiro atoms. The zero-order valence-electron chi connectivity index (χ0n) is 9.75. The molecule has 3 heteroatoms. The number of hydrogen-bond acceptors (Lipinski definition) is 3. The fraction of sp³-hybridized carbons (Fsp3) is 0.909. The summed E-state index contributed by atoms with van der Waals surface area (Å²) in [5.74, 6) is 0. The monoisotopic (exact) mass is 200 g/mol. The number of rotatable bonds is 9. The van der Waals surface area contributed by atoms with Gasteiger partial charge in [-0.15, -0.1) is 0 Å². The van der Waals surface area contributed by atoms with Gasteiger partial charge in [-0.1, -0.05) is 26.7 Å². The highest BCUT2D eigenvalue weighted by atomic mass is 16.1. The van der Waals surface area contributed by atoms with E-state index in [2.05, 4.69) is 24.3 Å². The Bertz CT molecular complexity index is 131. The Morgan fingerprint density at radius 1 is 1.21 bits per heavy atom. The molecule has 0 rings (SSSR count). The first kappa shape index (κ1) is 13.6. The number of carbonyl (C=O) groups is 1. The maximum absolute atomic E-state index is 10.5. The van der Waals surface area contributed by atoms with Gasteiger partial charge >= 0.3 is 0 Å².